The maximum Gasteiger partial charge on any atom is 0.217 e. The van der Waals surface area contributed by atoms with E-state index in [1.54, 1.807) is 0 Å². The van der Waals surface area contributed by atoms with Gasteiger partial charge in [0.2, 0.25) is 5.91 Å². The van der Waals surface area contributed by atoms with E-state index < -0.39 is 192 Å². The van der Waals surface area contributed by atoms with E-state index in [4.69, 9.17) is 42.6 Å². The first-order valence-corrected chi connectivity index (χ1v) is 18.6. The Morgan fingerprint density at radius 1 is 0.492 bits per heavy atom. The summed E-state index contributed by atoms with van der Waals surface area (Å²) in [4.78, 5) is 12.5. The lowest BCUT2D eigenvalue weighted by molar-refractivity contribution is -0.362. The Morgan fingerprint density at radius 3 is 1.37 bits per heavy atom. The Kier molecular flexibility index (Phi) is 17.1. The third-order valence-electron chi connectivity index (χ3n) is 10.6. The molecule has 5 aliphatic heterocycles. The molecule has 5 fully saturated rings. The summed E-state index contributed by atoms with van der Waals surface area (Å²) in [5, 5.41) is 168. The van der Waals surface area contributed by atoms with E-state index in [2.05, 4.69) is 5.32 Å². The molecule has 0 aliphatic carbocycles. The molecular weight excluding hydrogens is 814 g/mol. The van der Waals surface area contributed by atoms with Crippen LogP contribution < -0.4 is 5.32 Å². The molecule has 0 aromatic rings. The predicted octanol–water partition coefficient (Wildman–Crippen LogP) is -11.8. The normalized spacial score (nSPS) is 48.2. The van der Waals surface area contributed by atoms with E-state index in [-0.39, 0.29) is 0 Å². The Balaban J connectivity index is 1.45. The summed E-state index contributed by atoms with van der Waals surface area (Å²) >= 11 is 0. The molecule has 0 aromatic carbocycles. The highest BCUT2D eigenvalue weighted by Crippen LogP contribution is 2.38. The molecule has 27 heteroatoms. The molecule has 0 saturated carbocycles. The molecule has 5 aliphatic rings. The minimum absolute atomic E-state index is 0.813. The van der Waals surface area contributed by atoms with Crippen LogP contribution in [0, 0.1) is 0 Å². The van der Waals surface area contributed by atoms with E-state index in [9.17, 15) is 86.5 Å². The smallest absolute Gasteiger partial charge is 0.217 e. The lowest BCUT2D eigenvalue weighted by Crippen LogP contribution is -2.67. The second-order valence-electron chi connectivity index (χ2n) is 14.7. The van der Waals surface area contributed by atoms with Gasteiger partial charge in [0.1, 0.15) is 122 Å². The Hall–Kier alpha value is -1.53. The molecule has 25 atom stereocenters. The zero-order chi connectivity index (χ0) is 43.6. The third kappa shape index (κ3) is 10.2. The van der Waals surface area contributed by atoms with E-state index in [0.717, 1.165) is 6.92 Å². The van der Waals surface area contributed by atoms with Crippen molar-refractivity contribution < 1.29 is 129 Å². The highest BCUT2D eigenvalue weighted by atomic mass is 16.8. The van der Waals surface area contributed by atoms with E-state index in [1.807, 2.05) is 0 Å². The molecular formula is C32H55NO26. The fourth-order valence-electron chi connectivity index (χ4n) is 7.46. The van der Waals surface area contributed by atoms with Gasteiger partial charge in [-0.3, -0.25) is 4.79 Å². The molecule has 0 aromatic heterocycles. The third-order valence-corrected chi connectivity index (χ3v) is 10.6. The molecule has 27 nitrogen and oxygen atoms in total. The quantitative estimate of drug-likeness (QED) is 0.0645. The molecule has 5 rings (SSSR count). The van der Waals surface area contributed by atoms with Crippen LogP contribution >= 0.6 is 0 Å². The molecule has 0 spiro atoms. The predicted molar refractivity (Wildman–Crippen MR) is 178 cm³/mol. The van der Waals surface area contributed by atoms with Gasteiger partial charge in [0.15, 0.2) is 31.5 Å². The average molecular weight is 870 g/mol. The van der Waals surface area contributed by atoms with Crippen LogP contribution in [0.25, 0.3) is 0 Å². The van der Waals surface area contributed by atoms with Crippen molar-refractivity contribution in [3.8, 4) is 0 Å². The van der Waals surface area contributed by atoms with E-state index in [1.165, 1.54) is 0 Å². The molecule has 17 N–H and O–H groups in total. The Labute approximate surface area is 333 Å². The molecule has 5 heterocycles. The number of hydrogen-bond acceptors (Lipinski definition) is 26. The number of carbonyl (C=O) groups is 1. The number of aliphatic hydroxyl groups is 16. The van der Waals surface area contributed by atoms with Gasteiger partial charge in [-0.25, -0.2) is 0 Å². The molecule has 0 radical (unpaired) electrons. The topological polar surface area (TPSA) is 436 Å². The van der Waals surface area contributed by atoms with Crippen molar-refractivity contribution in [2.24, 2.45) is 0 Å². The lowest BCUT2D eigenvalue weighted by atomic mass is 9.96. The van der Waals surface area contributed by atoms with Crippen LogP contribution in [0.4, 0.5) is 0 Å². The molecule has 0 bridgehead atoms. The van der Waals surface area contributed by atoms with Crippen LogP contribution in [0.2, 0.25) is 0 Å². The summed E-state index contributed by atoms with van der Waals surface area (Å²) in [6, 6.07) is -1.68. The first kappa shape index (κ1) is 48.5. The van der Waals surface area contributed by atoms with E-state index in [0.29, 0.717) is 0 Å². The van der Waals surface area contributed by atoms with Crippen LogP contribution in [0.5, 0.6) is 0 Å². The van der Waals surface area contributed by atoms with Gasteiger partial charge in [-0.15, -0.1) is 0 Å². The maximum absolute atomic E-state index is 12.5. The summed E-state index contributed by atoms with van der Waals surface area (Å²) in [5.41, 5.74) is 0. The van der Waals surface area contributed by atoms with E-state index >= 15 is 0 Å². The number of ether oxygens (including phenoxy) is 9. The number of nitrogens with one attached hydrogen (secondary N) is 1. The first-order chi connectivity index (χ1) is 27.9. The van der Waals surface area contributed by atoms with Gasteiger partial charge in [-0.05, 0) is 0 Å². The Bertz CT molecular complexity index is 1330. The van der Waals surface area contributed by atoms with Crippen LogP contribution in [0.1, 0.15) is 6.92 Å². The zero-order valence-electron chi connectivity index (χ0n) is 31.2. The number of hydrogen-bond donors (Lipinski definition) is 17. The van der Waals surface area contributed by atoms with Gasteiger partial charge in [-0.2, -0.15) is 0 Å². The average Bonchev–Trinajstić information content (AvgIpc) is 3.79. The van der Waals surface area contributed by atoms with Crippen molar-refractivity contribution in [1.29, 1.82) is 0 Å². The first-order valence-electron chi connectivity index (χ1n) is 18.6. The summed E-state index contributed by atoms with van der Waals surface area (Å²) in [6.45, 7) is -3.67. The monoisotopic (exact) mass is 869 g/mol. The second-order valence-corrected chi connectivity index (χ2v) is 14.7. The van der Waals surface area contributed by atoms with Crippen molar-refractivity contribution in [2.75, 3.05) is 33.0 Å². The summed E-state index contributed by atoms with van der Waals surface area (Å²) in [6.07, 6.45) is -44.2. The highest BCUT2D eigenvalue weighted by molar-refractivity contribution is 5.73. The van der Waals surface area contributed by atoms with Gasteiger partial charge in [0, 0.05) is 6.92 Å². The fourth-order valence-corrected chi connectivity index (χ4v) is 7.46. The summed E-state index contributed by atoms with van der Waals surface area (Å²) in [7, 11) is 0. The minimum Gasteiger partial charge on any atom is -0.394 e. The van der Waals surface area contributed by atoms with Crippen LogP contribution in [-0.4, -0.2) is 274 Å². The Morgan fingerprint density at radius 2 is 0.898 bits per heavy atom. The number of amides is 1. The lowest BCUT2D eigenvalue weighted by Gasteiger charge is -2.46. The zero-order valence-corrected chi connectivity index (χ0v) is 31.2. The highest BCUT2D eigenvalue weighted by Gasteiger charge is 2.58. The molecule has 344 valence electrons. The SMILES string of the molecule is CC(=O)N[C@H]1[C@@H](O[C@H]2[C@@H](O[C@H]3C(O)O[C@H](CO)[C@H](O)[C@@H]3O[C@H]3O[C@@H]([C@H](O)CO)[C@H](O)[C@H]3O)O[C@@H]([C@H](O)CO)[C@@H]2O)O[C@H](CO)[C@@H](O)[C@@H]1O[C@H]1O[C@@H]([C@H](O)CO)[C@H](O)[C@H]1O. The molecule has 59 heavy (non-hydrogen) atoms. The summed E-state index contributed by atoms with van der Waals surface area (Å²) in [5.74, 6) is -0.813. The minimum atomic E-state index is -2.16. The van der Waals surface area contributed by atoms with Gasteiger partial charge in [0.05, 0.1) is 33.0 Å². The van der Waals surface area contributed by atoms with Crippen LogP contribution in [-0.2, 0) is 47.4 Å². The van der Waals surface area contributed by atoms with Gasteiger partial charge in [-0.1, -0.05) is 0 Å². The van der Waals surface area contributed by atoms with Crippen LogP contribution in [0.3, 0.4) is 0 Å². The van der Waals surface area contributed by atoms with Gasteiger partial charge in [0.25, 0.3) is 0 Å². The molecule has 1 unspecified atom stereocenters. The molecule has 1 amide bonds. The van der Waals surface area contributed by atoms with Gasteiger partial charge < -0.3 is 130 Å². The number of carbonyl (C=O) groups excluding carboxylic acids is 1. The van der Waals surface area contributed by atoms with Crippen LogP contribution in [0.15, 0.2) is 0 Å². The van der Waals surface area contributed by atoms with Gasteiger partial charge >= 0.3 is 0 Å². The largest absolute Gasteiger partial charge is 0.394 e. The van der Waals surface area contributed by atoms with Crippen molar-refractivity contribution in [1.82, 2.24) is 5.32 Å². The maximum atomic E-state index is 12.5. The number of rotatable bonds is 17. The van der Waals surface area contributed by atoms with Crippen molar-refractivity contribution in [3.05, 3.63) is 0 Å². The van der Waals surface area contributed by atoms with Crippen molar-refractivity contribution >= 4 is 5.91 Å². The molecule has 5 saturated heterocycles. The summed E-state index contributed by atoms with van der Waals surface area (Å²) < 4.78 is 50.9. The number of aliphatic hydroxyl groups excluding tert-OH is 16. The standard InChI is InChI=1S/C32H55NO26/c1-7(39)33-13-24(56-30-18(47)16(45)21(53-30)8(40)2-34)14(43)12(6-38)52-29(13)58-26-20(49)23(10(42)4-36)55-32(26)59-27-25(15(44)11(5-37)51-28(27)50)57-31-19(48)17(46)22(54-31)9(41)3-35/h8-32,34-38,40-50H,2-6H2,1H3,(H,33,39)/t8-,9-,10-,11-,12-,13-,14-,15+,16-,17-,18-,19-,20+,21+,22+,23+,24-,25+,26-,27-,28?,29-,30-,31-,32-/m1/s1. The fraction of sp³-hybridized carbons (Fsp3) is 0.969. The van der Waals surface area contributed by atoms with Crippen molar-refractivity contribution in [3.63, 3.8) is 0 Å². The van der Waals surface area contributed by atoms with Crippen molar-refractivity contribution in [2.45, 2.75) is 160 Å². The second kappa shape index (κ2) is 20.8.